The number of nitriles is 1. The molecule has 0 spiro atoms. The van der Waals surface area contributed by atoms with Gasteiger partial charge in [0.2, 0.25) is 0 Å². The van der Waals surface area contributed by atoms with Gasteiger partial charge in [0.15, 0.2) is 5.82 Å². The molecule has 2 heterocycles. The first kappa shape index (κ1) is 14.1. The van der Waals surface area contributed by atoms with Crippen LogP contribution in [0.2, 0.25) is 0 Å². The summed E-state index contributed by atoms with van der Waals surface area (Å²) >= 11 is 1.91. The van der Waals surface area contributed by atoms with Crippen LogP contribution in [0.15, 0.2) is 0 Å². The van der Waals surface area contributed by atoms with Crippen LogP contribution in [0.4, 0.5) is 5.82 Å². The summed E-state index contributed by atoms with van der Waals surface area (Å²) in [4.78, 5) is 2.24. The van der Waals surface area contributed by atoms with E-state index in [4.69, 9.17) is 0 Å². The molecule has 0 aliphatic carbocycles. The van der Waals surface area contributed by atoms with Gasteiger partial charge in [0, 0.05) is 18.3 Å². The maximum absolute atomic E-state index is 9.40. The highest BCUT2D eigenvalue weighted by Gasteiger charge is 2.22. The van der Waals surface area contributed by atoms with Gasteiger partial charge in [-0.25, -0.2) is 0 Å². The quantitative estimate of drug-likeness (QED) is 0.831. The van der Waals surface area contributed by atoms with E-state index in [1.807, 2.05) is 25.6 Å². The maximum atomic E-state index is 9.40. The molecule has 0 amide bonds. The Morgan fingerprint density at radius 1 is 1.32 bits per heavy atom. The highest BCUT2D eigenvalue weighted by Crippen LogP contribution is 2.27. The minimum Gasteiger partial charge on any atom is -0.353 e. The second-order valence-electron chi connectivity index (χ2n) is 5.02. The fourth-order valence-electron chi connectivity index (χ4n) is 2.44. The molecule has 2 rings (SSSR count). The molecule has 0 bridgehead atoms. The fraction of sp³-hybridized carbons (Fsp3) is 0.643. The first-order valence-electron chi connectivity index (χ1n) is 6.69. The molecule has 4 nitrogen and oxygen atoms in total. The van der Waals surface area contributed by atoms with Gasteiger partial charge < -0.3 is 4.90 Å². The number of aryl methyl sites for hydroxylation is 1. The van der Waals surface area contributed by atoms with Crippen LogP contribution in [0.5, 0.6) is 0 Å². The third kappa shape index (κ3) is 3.01. The summed E-state index contributed by atoms with van der Waals surface area (Å²) in [7, 11) is 0. The monoisotopic (exact) mass is 276 g/mol. The molecule has 0 N–H and O–H groups in total. The zero-order valence-corrected chi connectivity index (χ0v) is 12.6. The van der Waals surface area contributed by atoms with Crippen LogP contribution >= 0.6 is 11.8 Å². The smallest absolute Gasteiger partial charge is 0.169 e. The summed E-state index contributed by atoms with van der Waals surface area (Å²) in [5.41, 5.74) is 2.49. The lowest BCUT2D eigenvalue weighted by Crippen LogP contribution is -2.31. The van der Waals surface area contributed by atoms with Crippen molar-refractivity contribution in [1.29, 1.82) is 5.26 Å². The van der Waals surface area contributed by atoms with Crippen LogP contribution < -0.4 is 4.90 Å². The molecule has 1 aromatic heterocycles. The van der Waals surface area contributed by atoms with Crippen LogP contribution in [0.1, 0.15) is 36.1 Å². The Morgan fingerprint density at radius 2 is 2.11 bits per heavy atom. The number of hydrogen-bond acceptors (Lipinski definition) is 5. The maximum Gasteiger partial charge on any atom is 0.169 e. The molecular weight excluding hydrogens is 256 g/mol. The van der Waals surface area contributed by atoms with Gasteiger partial charge >= 0.3 is 0 Å². The Labute approximate surface area is 119 Å². The molecule has 1 aromatic rings. The molecule has 5 heteroatoms. The summed E-state index contributed by atoms with van der Waals surface area (Å²) in [5.74, 6) is 0.770. The number of anilines is 1. The van der Waals surface area contributed by atoms with Gasteiger partial charge in [-0.3, -0.25) is 0 Å². The lowest BCUT2D eigenvalue weighted by molar-refractivity contribution is 0.735. The van der Waals surface area contributed by atoms with E-state index in [0.717, 1.165) is 36.6 Å². The molecular formula is C14H20N4S. The summed E-state index contributed by atoms with van der Waals surface area (Å²) < 4.78 is 0. The third-order valence-electron chi connectivity index (χ3n) is 3.81. The molecule has 1 aliphatic rings. The molecule has 1 aliphatic heterocycles. The minimum absolute atomic E-state index is 0.623. The molecule has 1 fully saturated rings. The van der Waals surface area contributed by atoms with Crippen molar-refractivity contribution in [2.75, 3.05) is 24.2 Å². The number of rotatable bonds is 2. The summed E-state index contributed by atoms with van der Waals surface area (Å²) in [6, 6.07) is 2.30. The molecule has 19 heavy (non-hydrogen) atoms. The average Bonchev–Trinajstić information content (AvgIpc) is 2.67. The average molecular weight is 276 g/mol. The molecule has 0 saturated carbocycles. The fourth-order valence-corrected chi connectivity index (χ4v) is 3.17. The first-order valence-corrected chi connectivity index (χ1v) is 7.98. The normalized spacial score (nSPS) is 19.9. The van der Waals surface area contributed by atoms with Gasteiger partial charge in [0.25, 0.3) is 0 Å². The predicted octanol–water partition coefficient (Wildman–Crippen LogP) is 2.69. The van der Waals surface area contributed by atoms with E-state index in [0.29, 0.717) is 10.8 Å². The van der Waals surface area contributed by atoms with Crippen molar-refractivity contribution in [1.82, 2.24) is 10.2 Å². The van der Waals surface area contributed by atoms with Crippen LogP contribution in [0, 0.1) is 25.2 Å². The van der Waals surface area contributed by atoms with Crippen molar-refractivity contribution < 1.29 is 0 Å². The second kappa shape index (κ2) is 6.25. The standard InChI is InChI=1S/C14H20N4S/c1-10-11(2)16-17-14(13(10)8-15)18-7-5-4-6-12(9-18)19-3/h12H,4-7,9H2,1-3H3. The van der Waals surface area contributed by atoms with Gasteiger partial charge in [0.05, 0.1) is 5.69 Å². The highest BCUT2D eigenvalue weighted by atomic mass is 32.2. The lowest BCUT2D eigenvalue weighted by Gasteiger charge is -2.25. The van der Waals surface area contributed by atoms with E-state index >= 15 is 0 Å². The van der Waals surface area contributed by atoms with Crippen LogP contribution in [-0.4, -0.2) is 34.8 Å². The summed E-state index contributed by atoms with van der Waals surface area (Å²) in [6.45, 7) is 5.80. The Morgan fingerprint density at radius 3 is 2.79 bits per heavy atom. The minimum atomic E-state index is 0.623. The third-order valence-corrected chi connectivity index (χ3v) is 4.86. The Hall–Kier alpha value is -1.28. The van der Waals surface area contributed by atoms with Crippen molar-refractivity contribution in [2.24, 2.45) is 0 Å². The first-order chi connectivity index (χ1) is 9.17. The van der Waals surface area contributed by atoms with E-state index in [9.17, 15) is 5.26 Å². The molecule has 1 saturated heterocycles. The Kier molecular flexibility index (Phi) is 4.65. The van der Waals surface area contributed by atoms with E-state index in [1.165, 1.54) is 12.8 Å². The van der Waals surface area contributed by atoms with Gasteiger partial charge in [-0.15, -0.1) is 5.10 Å². The van der Waals surface area contributed by atoms with Gasteiger partial charge in [0.1, 0.15) is 11.6 Å². The number of aromatic nitrogens is 2. The Balaban J connectivity index is 2.35. The zero-order valence-electron chi connectivity index (χ0n) is 11.8. The summed E-state index contributed by atoms with van der Waals surface area (Å²) in [6.07, 6.45) is 5.82. The van der Waals surface area contributed by atoms with Crippen molar-refractivity contribution in [3.8, 4) is 6.07 Å². The van der Waals surface area contributed by atoms with Crippen molar-refractivity contribution >= 4 is 17.6 Å². The van der Waals surface area contributed by atoms with Gasteiger partial charge in [-0.05, 0) is 38.5 Å². The molecule has 0 radical (unpaired) electrons. The number of hydrogen-bond donors (Lipinski definition) is 0. The van der Waals surface area contributed by atoms with Crippen LogP contribution in [-0.2, 0) is 0 Å². The lowest BCUT2D eigenvalue weighted by atomic mass is 10.1. The van der Waals surface area contributed by atoms with E-state index in [2.05, 4.69) is 27.4 Å². The van der Waals surface area contributed by atoms with Crippen molar-refractivity contribution in [3.05, 3.63) is 16.8 Å². The summed E-state index contributed by atoms with van der Waals surface area (Å²) in [5, 5.41) is 18.5. The van der Waals surface area contributed by atoms with Crippen molar-refractivity contribution in [2.45, 2.75) is 38.4 Å². The van der Waals surface area contributed by atoms with Gasteiger partial charge in [-0.2, -0.15) is 22.1 Å². The second-order valence-corrected chi connectivity index (χ2v) is 6.16. The van der Waals surface area contributed by atoms with Crippen molar-refractivity contribution in [3.63, 3.8) is 0 Å². The zero-order chi connectivity index (χ0) is 13.8. The molecule has 102 valence electrons. The molecule has 1 atom stereocenters. The van der Waals surface area contributed by atoms with E-state index in [-0.39, 0.29) is 0 Å². The molecule has 1 unspecified atom stereocenters. The van der Waals surface area contributed by atoms with Crippen LogP contribution in [0.25, 0.3) is 0 Å². The topological polar surface area (TPSA) is 52.8 Å². The number of thioether (sulfide) groups is 1. The largest absolute Gasteiger partial charge is 0.353 e. The SMILES string of the molecule is CSC1CCCCN(c2nnc(C)c(C)c2C#N)C1. The molecule has 0 aromatic carbocycles. The predicted molar refractivity (Wildman–Crippen MR) is 79.6 cm³/mol. The highest BCUT2D eigenvalue weighted by molar-refractivity contribution is 7.99. The van der Waals surface area contributed by atoms with E-state index in [1.54, 1.807) is 0 Å². The van der Waals surface area contributed by atoms with E-state index < -0.39 is 0 Å². The number of nitrogens with zero attached hydrogens (tertiary/aromatic N) is 4. The Bertz CT molecular complexity index is 495. The van der Waals surface area contributed by atoms with Gasteiger partial charge in [-0.1, -0.05) is 6.42 Å². The van der Waals surface area contributed by atoms with Crippen LogP contribution in [0.3, 0.4) is 0 Å².